The highest BCUT2D eigenvalue weighted by Crippen LogP contribution is 2.39. The molecule has 51 heavy (non-hydrogen) atoms. The van der Waals surface area contributed by atoms with Crippen molar-refractivity contribution in [3.63, 3.8) is 0 Å². The highest BCUT2D eigenvalue weighted by atomic mass is 16.3. The predicted molar refractivity (Wildman–Crippen MR) is 204 cm³/mol. The van der Waals surface area contributed by atoms with Gasteiger partial charge in [0.2, 0.25) is 5.95 Å². The lowest BCUT2D eigenvalue weighted by atomic mass is 10.1. The summed E-state index contributed by atoms with van der Waals surface area (Å²) in [5.41, 5.74) is 8.75. The summed E-state index contributed by atoms with van der Waals surface area (Å²) in [4.78, 5) is 19.9. The predicted octanol–water partition coefficient (Wildman–Crippen LogP) is 10.7. The van der Waals surface area contributed by atoms with Gasteiger partial charge >= 0.3 is 0 Å². The molecule has 11 rings (SSSR count). The minimum atomic E-state index is 0.539. The van der Waals surface area contributed by atoms with Gasteiger partial charge in [0.1, 0.15) is 11.2 Å². The molecular weight excluding hydrogens is 629 g/mol. The van der Waals surface area contributed by atoms with Gasteiger partial charge in [0.25, 0.3) is 0 Å². The van der Waals surface area contributed by atoms with Gasteiger partial charge in [-0.25, -0.2) is 4.98 Å². The van der Waals surface area contributed by atoms with Crippen LogP contribution in [-0.2, 0) is 0 Å². The Morgan fingerprint density at radius 1 is 0.451 bits per heavy atom. The first-order valence-corrected chi connectivity index (χ1v) is 16.9. The zero-order valence-electron chi connectivity index (χ0n) is 27.1. The van der Waals surface area contributed by atoms with Crippen LogP contribution in [0.2, 0.25) is 0 Å². The molecule has 0 N–H and O–H groups in total. The topological polar surface area (TPSA) is 74.6 Å². The minimum absolute atomic E-state index is 0.539. The van der Waals surface area contributed by atoms with E-state index < -0.39 is 0 Å². The van der Waals surface area contributed by atoms with Crippen molar-refractivity contribution in [1.29, 1.82) is 0 Å². The first kappa shape index (κ1) is 27.8. The number of furan rings is 1. The Balaban J connectivity index is 1.19. The summed E-state index contributed by atoms with van der Waals surface area (Å²) in [6.07, 6.45) is 3.58. The lowest BCUT2D eigenvalue weighted by Crippen LogP contribution is -2.06. The third kappa shape index (κ3) is 4.12. The molecule has 238 valence electrons. The Morgan fingerprint density at radius 2 is 1.10 bits per heavy atom. The molecule has 0 aliphatic heterocycles. The van der Waals surface area contributed by atoms with Crippen LogP contribution in [-0.4, -0.2) is 29.1 Å². The second-order valence-corrected chi connectivity index (χ2v) is 12.7. The Morgan fingerprint density at radius 3 is 1.86 bits per heavy atom. The van der Waals surface area contributed by atoms with Crippen LogP contribution in [0.4, 0.5) is 0 Å². The molecule has 0 fully saturated rings. The van der Waals surface area contributed by atoms with Gasteiger partial charge in [-0.2, -0.15) is 9.97 Å². The first-order valence-electron chi connectivity index (χ1n) is 16.9. The van der Waals surface area contributed by atoms with Crippen molar-refractivity contribution in [3.8, 4) is 34.4 Å². The number of aromatic nitrogens is 6. The lowest BCUT2D eigenvalue weighted by molar-refractivity contribution is 0.668. The number of para-hydroxylation sites is 3. The molecule has 0 unspecified atom stereocenters. The SMILES string of the molecule is c1ccc(-c2nc(-c3cccc4oc5ccncc5c34)nc(-n3c4ccccc4c4cc(-n5c6ccccc6c6ccccc65)ccc43)n2)cc1. The second kappa shape index (κ2) is 10.7. The van der Waals surface area contributed by atoms with Crippen LogP contribution in [0.5, 0.6) is 0 Å². The van der Waals surface area contributed by atoms with Crippen LogP contribution in [0.1, 0.15) is 0 Å². The molecule has 0 atom stereocenters. The van der Waals surface area contributed by atoms with Crippen LogP contribution in [0, 0.1) is 0 Å². The van der Waals surface area contributed by atoms with Gasteiger partial charge in [0, 0.05) is 61.5 Å². The van der Waals surface area contributed by atoms with Crippen molar-refractivity contribution >= 4 is 65.6 Å². The van der Waals surface area contributed by atoms with E-state index in [1.807, 2.05) is 60.8 Å². The molecular formula is C44H26N6O. The molecule has 6 aromatic carbocycles. The number of nitrogens with zero attached hydrogens (tertiary/aromatic N) is 6. The standard InChI is InChI=1S/C44H26N6O/c1-2-11-27(12-3-1)42-46-43(32-16-10-20-40-41(32)34-26-45-24-23-39(34)51-40)48-44(47-42)50-37-19-9-6-15-31(37)33-25-28(21-22-38(33)50)49-35-17-7-4-13-29(35)30-14-5-8-18-36(30)49/h1-26H. The summed E-state index contributed by atoms with van der Waals surface area (Å²) in [7, 11) is 0. The zero-order chi connectivity index (χ0) is 33.5. The Labute approximate surface area is 290 Å². The van der Waals surface area contributed by atoms with Crippen LogP contribution in [0.15, 0.2) is 162 Å². The summed E-state index contributed by atoms with van der Waals surface area (Å²) in [6, 6.07) is 50.3. The minimum Gasteiger partial charge on any atom is -0.456 e. The highest BCUT2D eigenvalue weighted by Gasteiger charge is 2.21. The van der Waals surface area contributed by atoms with E-state index in [1.54, 1.807) is 6.20 Å². The van der Waals surface area contributed by atoms with Crippen molar-refractivity contribution in [3.05, 3.63) is 158 Å². The average molecular weight is 655 g/mol. The van der Waals surface area contributed by atoms with E-state index in [0.29, 0.717) is 17.6 Å². The molecule has 0 aliphatic carbocycles. The van der Waals surface area contributed by atoms with Crippen molar-refractivity contribution in [2.24, 2.45) is 0 Å². The largest absolute Gasteiger partial charge is 0.456 e. The van der Waals surface area contributed by atoms with Crippen molar-refractivity contribution < 1.29 is 4.42 Å². The second-order valence-electron chi connectivity index (χ2n) is 12.7. The highest BCUT2D eigenvalue weighted by molar-refractivity contribution is 6.13. The number of hydrogen-bond donors (Lipinski definition) is 0. The first-order chi connectivity index (χ1) is 25.3. The maximum Gasteiger partial charge on any atom is 0.238 e. The van der Waals surface area contributed by atoms with Gasteiger partial charge in [-0.15, -0.1) is 0 Å². The molecule has 5 heterocycles. The fourth-order valence-electron chi connectivity index (χ4n) is 7.67. The molecule has 5 aromatic heterocycles. The summed E-state index contributed by atoms with van der Waals surface area (Å²) < 4.78 is 10.7. The van der Waals surface area contributed by atoms with Crippen molar-refractivity contribution in [2.45, 2.75) is 0 Å². The van der Waals surface area contributed by atoms with Gasteiger partial charge < -0.3 is 8.98 Å². The normalized spacial score (nSPS) is 11.9. The van der Waals surface area contributed by atoms with Crippen LogP contribution in [0.25, 0.3) is 100.0 Å². The van der Waals surface area contributed by atoms with E-state index >= 15 is 0 Å². The van der Waals surface area contributed by atoms with E-state index in [0.717, 1.165) is 60.6 Å². The monoisotopic (exact) mass is 654 g/mol. The molecule has 0 bridgehead atoms. The van der Waals surface area contributed by atoms with E-state index in [1.165, 1.54) is 21.8 Å². The van der Waals surface area contributed by atoms with Gasteiger partial charge in [-0.3, -0.25) is 9.55 Å². The molecule has 7 nitrogen and oxygen atoms in total. The summed E-state index contributed by atoms with van der Waals surface area (Å²) in [5.74, 6) is 1.69. The summed E-state index contributed by atoms with van der Waals surface area (Å²) >= 11 is 0. The number of rotatable bonds is 4. The molecule has 0 saturated carbocycles. The van der Waals surface area contributed by atoms with Gasteiger partial charge in [-0.1, -0.05) is 97.1 Å². The van der Waals surface area contributed by atoms with Crippen LogP contribution in [0.3, 0.4) is 0 Å². The number of pyridine rings is 1. The Bertz CT molecular complexity index is 3100. The number of benzene rings is 6. The molecule has 0 aliphatic rings. The van der Waals surface area contributed by atoms with Crippen molar-refractivity contribution in [1.82, 2.24) is 29.1 Å². The van der Waals surface area contributed by atoms with Gasteiger partial charge in [-0.05, 0) is 48.5 Å². The summed E-state index contributed by atoms with van der Waals surface area (Å²) in [6.45, 7) is 0. The molecule has 0 radical (unpaired) electrons. The van der Waals surface area contributed by atoms with Crippen LogP contribution >= 0.6 is 0 Å². The fourth-order valence-corrected chi connectivity index (χ4v) is 7.67. The van der Waals surface area contributed by atoms with E-state index in [4.69, 9.17) is 19.4 Å². The quantitative estimate of drug-likeness (QED) is 0.189. The zero-order valence-corrected chi connectivity index (χ0v) is 27.1. The van der Waals surface area contributed by atoms with E-state index in [2.05, 4.69) is 105 Å². The smallest absolute Gasteiger partial charge is 0.238 e. The lowest BCUT2D eigenvalue weighted by Gasteiger charge is -2.12. The Kier molecular flexibility index (Phi) is 5.83. The fraction of sp³-hybridized carbons (Fsp3) is 0. The van der Waals surface area contributed by atoms with Gasteiger partial charge in [0.15, 0.2) is 11.6 Å². The van der Waals surface area contributed by atoms with Crippen LogP contribution < -0.4 is 0 Å². The molecule has 11 aromatic rings. The maximum absolute atomic E-state index is 6.22. The third-order valence-electron chi connectivity index (χ3n) is 9.89. The maximum atomic E-state index is 6.22. The van der Waals surface area contributed by atoms with Gasteiger partial charge in [0.05, 0.1) is 22.1 Å². The number of hydrogen-bond acceptors (Lipinski definition) is 5. The third-order valence-corrected chi connectivity index (χ3v) is 9.89. The molecule has 7 heteroatoms. The molecule has 0 amide bonds. The average Bonchev–Trinajstić information content (AvgIpc) is 3.86. The Hall–Kier alpha value is -7.12. The van der Waals surface area contributed by atoms with E-state index in [-0.39, 0.29) is 0 Å². The molecule has 0 spiro atoms. The summed E-state index contributed by atoms with van der Waals surface area (Å²) in [5, 5.41) is 6.54. The van der Waals surface area contributed by atoms with E-state index in [9.17, 15) is 0 Å². The van der Waals surface area contributed by atoms with Crippen molar-refractivity contribution in [2.75, 3.05) is 0 Å². The number of fused-ring (bicyclic) bond motifs is 9. The molecule has 0 saturated heterocycles.